The monoisotopic (exact) mass is 311 g/mol. The van der Waals surface area contributed by atoms with Crippen molar-refractivity contribution in [2.24, 2.45) is 7.05 Å². The van der Waals surface area contributed by atoms with Crippen LogP contribution in [0.1, 0.15) is 24.5 Å². The van der Waals surface area contributed by atoms with Gasteiger partial charge in [0.15, 0.2) is 0 Å². The second kappa shape index (κ2) is 4.97. The molecule has 0 amide bonds. The quantitative estimate of drug-likeness (QED) is 0.946. The van der Waals surface area contributed by atoms with Gasteiger partial charge < -0.3 is 9.73 Å². The Balaban J connectivity index is 2.25. The largest absolute Gasteiger partial charge is 0.464 e. The SMILES string of the molecule is Cc1ccc(C(C)Nc2cnn(C)c(=O)c2Br)o1. The summed E-state index contributed by atoms with van der Waals surface area (Å²) in [6.45, 7) is 3.86. The predicted octanol–water partition coefficient (Wildman–Crippen LogP) is 2.62. The van der Waals surface area contributed by atoms with Crippen molar-refractivity contribution >= 4 is 21.6 Å². The van der Waals surface area contributed by atoms with E-state index < -0.39 is 0 Å². The van der Waals surface area contributed by atoms with Gasteiger partial charge >= 0.3 is 0 Å². The van der Waals surface area contributed by atoms with Crippen LogP contribution >= 0.6 is 15.9 Å². The first kappa shape index (κ1) is 12.9. The summed E-state index contributed by atoms with van der Waals surface area (Å²) in [5, 5.41) is 7.16. The van der Waals surface area contributed by atoms with E-state index >= 15 is 0 Å². The number of aromatic nitrogens is 2. The van der Waals surface area contributed by atoms with Gasteiger partial charge in [-0.05, 0) is 41.9 Å². The van der Waals surface area contributed by atoms with Crippen molar-refractivity contribution in [2.75, 3.05) is 5.32 Å². The summed E-state index contributed by atoms with van der Waals surface area (Å²) < 4.78 is 7.27. The molecule has 96 valence electrons. The molecule has 0 aromatic carbocycles. The summed E-state index contributed by atoms with van der Waals surface area (Å²) in [5.74, 6) is 1.68. The number of aryl methyl sites for hydroxylation is 2. The second-order valence-corrected chi connectivity index (χ2v) is 4.91. The van der Waals surface area contributed by atoms with Crippen LogP contribution in [0.4, 0.5) is 5.69 Å². The van der Waals surface area contributed by atoms with Crippen molar-refractivity contribution in [1.29, 1.82) is 0 Å². The molecule has 6 heteroatoms. The Labute approximate surface area is 113 Å². The van der Waals surface area contributed by atoms with Crippen molar-refractivity contribution in [3.63, 3.8) is 0 Å². The number of furan rings is 1. The van der Waals surface area contributed by atoms with Crippen molar-refractivity contribution < 1.29 is 4.42 Å². The highest BCUT2D eigenvalue weighted by atomic mass is 79.9. The number of nitrogens with one attached hydrogen (secondary N) is 1. The summed E-state index contributed by atoms with van der Waals surface area (Å²) >= 11 is 3.27. The molecule has 0 bridgehead atoms. The first-order valence-corrected chi connectivity index (χ1v) is 6.33. The van der Waals surface area contributed by atoms with Crippen molar-refractivity contribution in [2.45, 2.75) is 19.9 Å². The molecule has 2 aromatic heterocycles. The highest BCUT2D eigenvalue weighted by molar-refractivity contribution is 9.10. The van der Waals surface area contributed by atoms with Gasteiger partial charge in [0.05, 0.1) is 17.9 Å². The van der Waals surface area contributed by atoms with Gasteiger partial charge in [0.25, 0.3) is 5.56 Å². The summed E-state index contributed by atoms with van der Waals surface area (Å²) in [5.41, 5.74) is 0.475. The van der Waals surface area contributed by atoms with Gasteiger partial charge in [-0.3, -0.25) is 4.79 Å². The fourth-order valence-electron chi connectivity index (χ4n) is 1.60. The van der Waals surface area contributed by atoms with Crippen molar-refractivity contribution in [1.82, 2.24) is 9.78 Å². The topological polar surface area (TPSA) is 60.1 Å². The first-order valence-electron chi connectivity index (χ1n) is 5.53. The van der Waals surface area contributed by atoms with Crippen LogP contribution in [0.15, 0.2) is 32.0 Å². The summed E-state index contributed by atoms with van der Waals surface area (Å²) in [7, 11) is 1.61. The highest BCUT2D eigenvalue weighted by Gasteiger charge is 2.13. The molecule has 0 saturated heterocycles. The predicted molar refractivity (Wildman–Crippen MR) is 72.7 cm³/mol. The minimum absolute atomic E-state index is 0.0380. The van der Waals surface area contributed by atoms with Crippen LogP contribution in [0.2, 0.25) is 0 Å². The molecule has 1 unspecified atom stereocenters. The minimum atomic E-state index is -0.178. The smallest absolute Gasteiger partial charge is 0.282 e. The van der Waals surface area contributed by atoms with Gasteiger partial charge in [0, 0.05) is 7.05 Å². The van der Waals surface area contributed by atoms with E-state index in [0.29, 0.717) is 10.2 Å². The third-order valence-electron chi connectivity index (χ3n) is 2.64. The second-order valence-electron chi connectivity index (χ2n) is 4.12. The van der Waals surface area contributed by atoms with E-state index in [1.54, 1.807) is 13.2 Å². The van der Waals surface area contributed by atoms with Crippen LogP contribution in [0, 0.1) is 6.92 Å². The minimum Gasteiger partial charge on any atom is -0.464 e. The third-order valence-corrected chi connectivity index (χ3v) is 3.40. The number of hydrogen-bond donors (Lipinski definition) is 1. The molecule has 1 atom stereocenters. The molecule has 0 fully saturated rings. The van der Waals surface area contributed by atoms with Crippen LogP contribution < -0.4 is 10.9 Å². The molecular weight excluding hydrogens is 298 g/mol. The standard InChI is InChI=1S/C12H14BrN3O2/c1-7-4-5-10(18-7)8(2)15-9-6-14-16(3)12(17)11(9)13/h4-6,8,15H,1-3H3. The molecule has 0 aliphatic rings. The Hall–Kier alpha value is -1.56. The molecule has 0 aliphatic carbocycles. The molecule has 1 N–H and O–H groups in total. The Morgan fingerprint density at radius 2 is 2.22 bits per heavy atom. The molecular formula is C12H14BrN3O2. The number of hydrogen-bond acceptors (Lipinski definition) is 4. The molecule has 0 aliphatic heterocycles. The zero-order valence-corrected chi connectivity index (χ0v) is 12.0. The maximum Gasteiger partial charge on any atom is 0.282 e. The van der Waals surface area contributed by atoms with Gasteiger partial charge in [-0.15, -0.1) is 0 Å². The van der Waals surface area contributed by atoms with E-state index in [1.807, 2.05) is 26.0 Å². The van der Waals surface area contributed by atoms with E-state index in [4.69, 9.17) is 4.42 Å². The third kappa shape index (κ3) is 2.48. The fourth-order valence-corrected chi connectivity index (χ4v) is 2.08. The van der Waals surface area contributed by atoms with E-state index in [9.17, 15) is 4.79 Å². The summed E-state index contributed by atoms with van der Waals surface area (Å²) in [6.07, 6.45) is 1.61. The Bertz CT molecular complexity index is 618. The van der Waals surface area contributed by atoms with E-state index in [-0.39, 0.29) is 11.6 Å². The number of anilines is 1. The maximum absolute atomic E-state index is 11.7. The highest BCUT2D eigenvalue weighted by Crippen LogP contribution is 2.24. The Kier molecular flexibility index (Phi) is 3.56. The molecule has 18 heavy (non-hydrogen) atoms. The number of halogens is 1. The average Bonchev–Trinajstić information content (AvgIpc) is 2.77. The van der Waals surface area contributed by atoms with Crippen LogP contribution in [0.5, 0.6) is 0 Å². The summed E-state index contributed by atoms with van der Waals surface area (Å²) in [6, 6.07) is 3.78. The molecule has 2 heterocycles. The van der Waals surface area contributed by atoms with Crippen molar-refractivity contribution in [3.8, 4) is 0 Å². The summed E-state index contributed by atoms with van der Waals surface area (Å²) in [4.78, 5) is 11.7. The fraction of sp³-hybridized carbons (Fsp3) is 0.333. The molecule has 0 radical (unpaired) electrons. The van der Waals surface area contributed by atoms with Crippen LogP contribution in [-0.4, -0.2) is 9.78 Å². The van der Waals surface area contributed by atoms with E-state index in [1.165, 1.54) is 4.68 Å². The Morgan fingerprint density at radius 3 is 2.83 bits per heavy atom. The van der Waals surface area contributed by atoms with Crippen LogP contribution in [0.3, 0.4) is 0 Å². The van der Waals surface area contributed by atoms with Gasteiger partial charge in [-0.2, -0.15) is 5.10 Å². The van der Waals surface area contributed by atoms with Gasteiger partial charge in [-0.25, -0.2) is 4.68 Å². The van der Waals surface area contributed by atoms with Gasteiger partial charge in [-0.1, -0.05) is 0 Å². The van der Waals surface area contributed by atoms with Crippen molar-refractivity contribution in [3.05, 3.63) is 44.7 Å². The molecule has 5 nitrogen and oxygen atoms in total. The first-order chi connectivity index (χ1) is 8.49. The normalized spacial score (nSPS) is 12.4. The van der Waals surface area contributed by atoms with E-state index in [2.05, 4.69) is 26.3 Å². The molecule has 0 saturated carbocycles. The molecule has 0 spiro atoms. The zero-order chi connectivity index (χ0) is 13.3. The molecule has 2 aromatic rings. The number of nitrogens with zero attached hydrogens (tertiary/aromatic N) is 2. The lowest BCUT2D eigenvalue weighted by atomic mass is 10.2. The van der Waals surface area contributed by atoms with Crippen LogP contribution in [-0.2, 0) is 7.05 Å². The maximum atomic E-state index is 11.7. The molecule has 2 rings (SSSR count). The Morgan fingerprint density at radius 1 is 1.50 bits per heavy atom. The number of rotatable bonds is 3. The van der Waals surface area contributed by atoms with E-state index in [0.717, 1.165) is 11.5 Å². The van der Waals surface area contributed by atoms with Gasteiger partial charge in [0.1, 0.15) is 16.0 Å². The van der Waals surface area contributed by atoms with Gasteiger partial charge in [0.2, 0.25) is 0 Å². The average molecular weight is 312 g/mol. The lowest BCUT2D eigenvalue weighted by molar-refractivity contribution is 0.466. The zero-order valence-electron chi connectivity index (χ0n) is 10.4. The lowest BCUT2D eigenvalue weighted by Crippen LogP contribution is -2.21. The lowest BCUT2D eigenvalue weighted by Gasteiger charge is -2.14. The van der Waals surface area contributed by atoms with Crippen LogP contribution in [0.25, 0.3) is 0 Å².